The van der Waals surface area contributed by atoms with Gasteiger partial charge in [0.1, 0.15) is 11.6 Å². The first-order valence-electron chi connectivity index (χ1n) is 6.73. The van der Waals surface area contributed by atoms with Crippen LogP contribution >= 0.6 is 0 Å². The van der Waals surface area contributed by atoms with Crippen LogP contribution in [0.2, 0.25) is 0 Å². The van der Waals surface area contributed by atoms with Crippen molar-refractivity contribution in [2.45, 2.75) is 25.4 Å². The Bertz CT molecular complexity index is 453. The molecule has 0 bridgehead atoms. The van der Waals surface area contributed by atoms with E-state index in [2.05, 4.69) is 5.32 Å². The lowest BCUT2D eigenvalue weighted by molar-refractivity contribution is -0.119. The molecule has 0 aromatic heterocycles. The van der Waals surface area contributed by atoms with Gasteiger partial charge in [0.2, 0.25) is 5.91 Å². The first kappa shape index (κ1) is 14.9. The molecule has 0 unspecified atom stereocenters. The largest absolute Gasteiger partial charge is 0.369 e. The zero-order chi connectivity index (χ0) is 14.5. The molecule has 1 amide bonds. The van der Waals surface area contributed by atoms with E-state index >= 15 is 0 Å². The summed E-state index contributed by atoms with van der Waals surface area (Å²) < 4.78 is 26.9. The van der Waals surface area contributed by atoms with E-state index in [1.807, 2.05) is 4.90 Å². The zero-order valence-corrected chi connectivity index (χ0v) is 11.2. The van der Waals surface area contributed by atoms with E-state index in [1.165, 1.54) is 18.2 Å². The van der Waals surface area contributed by atoms with Crippen molar-refractivity contribution in [1.82, 2.24) is 10.2 Å². The Hall–Kier alpha value is -1.53. The van der Waals surface area contributed by atoms with Crippen LogP contribution in [-0.4, -0.2) is 36.5 Å². The summed E-state index contributed by atoms with van der Waals surface area (Å²) in [6, 6.07) is 4.08. The second-order valence-electron chi connectivity index (χ2n) is 5.10. The van der Waals surface area contributed by atoms with E-state index in [0.29, 0.717) is 0 Å². The maximum Gasteiger partial charge on any atom is 0.231 e. The summed E-state index contributed by atoms with van der Waals surface area (Å²) in [4.78, 5) is 12.8. The zero-order valence-electron chi connectivity index (χ0n) is 11.2. The van der Waals surface area contributed by atoms with Crippen molar-refractivity contribution < 1.29 is 13.6 Å². The second kappa shape index (κ2) is 6.76. The number of hydrogen-bond donors (Lipinski definition) is 2. The third-order valence-corrected chi connectivity index (χ3v) is 3.60. The first-order valence-corrected chi connectivity index (χ1v) is 6.73. The summed E-state index contributed by atoms with van der Waals surface area (Å²) in [6.07, 6.45) is 1.67. The Morgan fingerprint density at radius 3 is 2.45 bits per heavy atom. The van der Waals surface area contributed by atoms with Gasteiger partial charge in [-0.25, -0.2) is 8.78 Å². The Morgan fingerprint density at radius 1 is 1.30 bits per heavy atom. The molecule has 1 aliphatic heterocycles. The fourth-order valence-corrected chi connectivity index (χ4v) is 2.46. The van der Waals surface area contributed by atoms with Crippen molar-refractivity contribution in [3.63, 3.8) is 0 Å². The lowest BCUT2D eigenvalue weighted by Crippen LogP contribution is -2.45. The smallest absolute Gasteiger partial charge is 0.231 e. The predicted molar refractivity (Wildman–Crippen MR) is 71.9 cm³/mol. The van der Waals surface area contributed by atoms with Gasteiger partial charge >= 0.3 is 0 Å². The van der Waals surface area contributed by atoms with Crippen molar-refractivity contribution in [2.24, 2.45) is 5.73 Å². The first-order chi connectivity index (χ1) is 9.56. The monoisotopic (exact) mass is 283 g/mol. The molecule has 0 radical (unpaired) electrons. The molecule has 20 heavy (non-hydrogen) atoms. The number of likely N-dealkylation sites (tertiary alicyclic amines) is 1. The minimum atomic E-state index is -0.524. The van der Waals surface area contributed by atoms with Gasteiger partial charge < -0.3 is 11.1 Å². The fourth-order valence-electron chi connectivity index (χ4n) is 2.46. The number of carbonyl (C=O) groups is 1. The average molecular weight is 283 g/mol. The van der Waals surface area contributed by atoms with Crippen molar-refractivity contribution in [3.8, 4) is 0 Å². The maximum absolute atomic E-state index is 13.5. The molecule has 2 rings (SSSR count). The van der Waals surface area contributed by atoms with E-state index < -0.39 is 11.6 Å². The summed E-state index contributed by atoms with van der Waals surface area (Å²) >= 11 is 0. The number of piperidine rings is 1. The van der Waals surface area contributed by atoms with Gasteiger partial charge in [-0.05, 0) is 25.0 Å². The number of hydrogen-bond acceptors (Lipinski definition) is 3. The van der Waals surface area contributed by atoms with Crippen LogP contribution in [0.25, 0.3) is 0 Å². The maximum atomic E-state index is 13.5. The van der Waals surface area contributed by atoms with Gasteiger partial charge in [-0.15, -0.1) is 0 Å². The molecule has 110 valence electrons. The number of rotatable bonds is 5. The van der Waals surface area contributed by atoms with Gasteiger partial charge in [-0.3, -0.25) is 9.69 Å². The molecule has 1 heterocycles. The summed E-state index contributed by atoms with van der Waals surface area (Å²) in [6.45, 7) is 1.98. The van der Waals surface area contributed by atoms with Crippen molar-refractivity contribution in [2.75, 3.05) is 19.6 Å². The standard InChI is InChI=1S/C14H19F2N3O/c15-12-2-1-3-13(16)11(12)8-18-10-4-6-19(7-5-10)9-14(17)20/h1-3,10,18H,4-9H2,(H2,17,20). The number of primary amides is 1. The van der Waals surface area contributed by atoms with Crippen molar-refractivity contribution in [3.05, 3.63) is 35.4 Å². The van der Waals surface area contributed by atoms with E-state index in [-0.39, 0.29) is 30.6 Å². The number of nitrogens with one attached hydrogen (secondary N) is 1. The number of halogens is 2. The highest BCUT2D eigenvalue weighted by Crippen LogP contribution is 2.14. The third-order valence-electron chi connectivity index (χ3n) is 3.60. The molecule has 4 nitrogen and oxygen atoms in total. The number of amides is 1. The topological polar surface area (TPSA) is 58.4 Å². The molecule has 1 aromatic rings. The summed E-state index contributed by atoms with van der Waals surface area (Å²) in [5, 5.41) is 3.17. The number of nitrogens with two attached hydrogens (primary N) is 1. The molecule has 6 heteroatoms. The van der Waals surface area contributed by atoms with Crippen LogP contribution < -0.4 is 11.1 Å². The summed E-state index contributed by atoms with van der Waals surface area (Å²) in [5.74, 6) is -1.38. The van der Waals surface area contributed by atoms with Gasteiger partial charge in [-0.2, -0.15) is 0 Å². The fraction of sp³-hybridized carbons (Fsp3) is 0.500. The van der Waals surface area contributed by atoms with Crippen LogP contribution in [0.15, 0.2) is 18.2 Å². The lowest BCUT2D eigenvalue weighted by Gasteiger charge is -2.31. The predicted octanol–water partition coefficient (Wildman–Crippen LogP) is 1.00. The van der Waals surface area contributed by atoms with Gasteiger partial charge in [-0.1, -0.05) is 6.07 Å². The Morgan fingerprint density at radius 2 is 1.90 bits per heavy atom. The van der Waals surface area contributed by atoms with Gasteiger partial charge in [0, 0.05) is 31.2 Å². The number of carbonyl (C=O) groups excluding carboxylic acids is 1. The quantitative estimate of drug-likeness (QED) is 0.848. The highest BCUT2D eigenvalue weighted by atomic mass is 19.1. The van der Waals surface area contributed by atoms with Crippen molar-refractivity contribution in [1.29, 1.82) is 0 Å². The third kappa shape index (κ3) is 3.98. The number of nitrogens with zero attached hydrogens (tertiary/aromatic N) is 1. The van der Waals surface area contributed by atoms with E-state index in [9.17, 15) is 13.6 Å². The molecule has 1 aromatic carbocycles. The summed E-state index contributed by atoms with van der Waals surface area (Å²) in [7, 11) is 0. The lowest BCUT2D eigenvalue weighted by atomic mass is 10.0. The van der Waals surface area contributed by atoms with Crippen molar-refractivity contribution >= 4 is 5.91 Å². The van der Waals surface area contributed by atoms with E-state index in [1.54, 1.807) is 0 Å². The molecule has 1 fully saturated rings. The Labute approximate surface area is 116 Å². The summed E-state index contributed by atoms with van der Waals surface area (Å²) in [5.41, 5.74) is 5.22. The molecule has 0 spiro atoms. The minimum absolute atomic E-state index is 0.0760. The molecule has 0 saturated carbocycles. The van der Waals surface area contributed by atoms with Crippen LogP contribution in [0.1, 0.15) is 18.4 Å². The minimum Gasteiger partial charge on any atom is -0.369 e. The molecule has 0 aliphatic carbocycles. The second-order valence-corrected chi connectivity index (χ2v) is 5.10. The molecule has 1 aliphatic rings. The molecular formula is C14H19F2N3O. The van der Waals surface area contributed by atoms with Crippen LogP contribution in [0.5, 0.6) is 0 Å². The molecular weight excluding hydrogens is 264 g/mol. The molecule has 1 saturated heterocycles. The normalized spacial score (nSPS) is 17.3. The van der Waals surface area contributed by atoms with Crippen LogP contribution in [-0.2, 0) is 11.3 Å². The Balaban J connectivity index is 1.80. The van der Waals surface area contributed by atoms with Crippen LogP contribution in [0.4, 0.5) is 8.78 Å². The Kier molecular flexibility index (Phi) is 5.03. The van der Waals surface area contributed by atoms with Gasteiger partial charge in [0.25, 0.3) is 0 Å². The highest BCUT2D eigenvalue weighted by molar-refractivity contribution is 5.75. The van der Waals surface area contributed by atoms with E-state index in [0.717, 1.165) is 25.9 Å². The molecule has 3 N–H and O–H groups in total. The SMILES string of the molecule is NC(=O)CN1CCC(NCc2c(F)cccc2F)CC1. The average Bonchev–Trinajstić information content (AvgIpc) is 2.39. The van der Waals surface area contributed by atoms with Gasteiger partial charge in [0.05, 0.1) is 6.54 Å². The molecule has 0 atom stereocenters. The number of benzene rings is 1. The highest BCUT2D eigenvalue weighted by Gasteiger charge is 2.20. The van der Waals surface area contributed by atoms with E-state index in [4.69, 9.17) is 5.73 Å². The van der Waals surface area contributed by atoms with Gasteiger partial charge in [0.15, 0.2) is 0 Å². The van der Waals surface area contributed by atoms with Crippen LogP contribution in [0, 0.1) is 11.6 Å². The van der Waals surface area contributed by atoms with Crippen LogP contribution in [0.3, 0.4) is 0 Å².